The maximum absolute atomic E-state index is 14.0. The van der Waals surface area contributed by atoms with Gasteiger partial charge in [0.2, 0.25) is 0 Å². The summed E-state index contributed by atoms with van der Waals surface area (Å²) < 4.78 is 20.1. The summed E-state index contributed by atoms with van der Waals surface area (Å²) >= 11 is 0. The van der Waals surface area contributed by atoms with Crippen molar-refractivity contribution in [1.29, 1.82) is 0 Å². The zero-order valence-electron chi connectivity index (χ0n) is 18.9. The van der Waals surface area contributed by atoms with Crippen molar-refractivity contribution in [3.8, 4) is 5.75 Å². The summed E-state index contributed by atoms with van der Waals surface area (Å²) in [5, 5.41) is 0. The molecule has 1 fully saturated rings. The third-order valence-electron chi connectivity index (χ3n) is 5.59. The van der Waals surface area contributed by atoms with E-state index in [-0.39, 0.29) is 29.0 Å². The van der Waals surface area contributed by atoms with Gasteiger partial charge in [-0.1, -0.05) is 6.92 Å². The summed E-state index contributed by atoms with van der Waals surface area (Å²) in [7, 11) is 0. The largest absolute Gasteiger partial charge is 0.459 e. The number of amides is 1. The number of hydrogen-bond donors (Lipinski definition) is 1. The van der Waals surface area contributed by atoms with Crippen LogP contribution in [0, 0.1) is 11.2 Å². The molecule has 0 radical (unpaired) electrons. The highest BCUT2D eigenvalue weighted by atomic mass is 19.1. The number of halogens is 1. The van der Waals surface area contributed by atoms with Gasteiger partial charge in [0.05, 0.1) is 18.2 Å². The third kappa shape index (κ3) is 5.12. The summed E-state index contributed by atoms with van der Waals surface area (Å²) in [6.07, 6.45) is 3.49. The van der Waals surface area contributed by atoms with E-state index < -0.39 is 5.82 Å². The molecule has 1 saturated heterocycles. The molecule has 0 aromatic heterocycles. The minimum Gasteiger partial charge on any atom is -0.459 e. The topological polar surface area (TPSA) is 83.5 Å². The van der Waals surface area contributed by atoms with Crippen LogP contribution in [0.5, 0.6) is 5.75 Å². The van der Waals surface area contributed by atoms with Crippen molar-refractivity contribution < 1.29 is 13.9 Å². The zero-order valence-corrected chi connectivity index (χ0v) is 18.9. The van der Waals surface area contributed by atoms with Crippen LogP contribution >= 0.6 is 0 Å². The Morgan fingerprint density at radius 1 is 1.29 bits per heavy atom. The van der Waals surface area contributed by atoms with Crippen LogP contribution < -0.4 is 10.5 Å². The Kier molecular flexibility index (Phi) is 6.79. The molecule has 0 spiro atoms. The van der Waals surface area contributed by atoms with E-state index >= 15 is 0 Å². The van der Waals surface area contributed by atoms with Gasteiger partial charge in [0.1, 0.15) is 29.5 Å². The predicted octanol–water partition coefficient (Wildman–Crippen LogP) is 3.42. The number of carbonyl (C=O) groups excluding carboxylic acids is 1. The van der Waals surface area contributed by atoms with E-state index in [2.05, 4.69) is 21.8 Å². The van der Waals surface area contributed by atoms with Crippen LogP contribution in [-0.4, -0.2) is 59.6 Å². The zero-order chi connectivity index (χ0) is 22.8. The number of amidine groups is 1. The van der Waals surface area contributed by atoms with Crippen LogP contribution in [0.4, 0.5) is 4.39 Å². The Labute approximate surface area is 183 Å². The lowest BCUT2D eigenvalue weighted by atomic mass is 9.82. The van der Waals surface area contributed by atoms with Gasteiger partial charge in [-0.05, 0) is 45.9 Å². The molecule has 1 aromatic carbocycles. The first-order valence-corrected chi connectivity index (χ1v) is 10.7. The molecule has 2 aliphatic rings. The number of likely N-dealkylation sites (tertiary alicyclic amines) is 1. The molecular formula is C23H32FN5O2. The molecular weight excluding hydrogens is 397 g/mol. The molecule has 1 amide bonds. The van der Waals surface area contributed by atoms with E-state index in [1.54, 1.807) is 11.1 Å². The quantitative estimate of drug-likeness (QED) is 0.751. The predicted molar refractivity (Wildman–Crippen MR) is 121 cm³/mol. The molecule has 2 N–H and O–H groups in total. The Bertz CT molecular complexity index is 909. The number of ether oxygens (including phenoxy) is 1. The van der Waals surface area contributed by atoms with Gasteiger partial charge in [0, 0.05) is 37.1 Å². The maximum atomic E-state index is 14.0. The van der Waals surface area contributed by atoms with Crippen molar-refractivity contribution in [3.05, 3.63) is 41.5 Å². The number of nitrogens with two attached hydrogens (primary N) is 1. The smallest absolute Gasteiger partial charge is 0.258 e. The first-order valence-electron chi connectivity index (χ1n) is 10.7. The van der Waals surface area contributed by atoms with Crippen molar-refractivity contribution in [1.82, 2.24) is 9.80 Å². The molecule has 0 saturated carbocycles. The van der Waals surface area contributed by atoms with Crippen molar-refractivity contribution in [2.75, 3.05) is 19.6 Å². The second-order valence-corrected chi connectivity index (χ2v) is 9.10. The van der Waals surface area contributed by atoms with Gasteiger partial charge in [-0.2, -0.15) is 0 Å². The van der Waals surface area contributed by atoms with Crippen LogP contribution in [0.1, 0.15) is 51.4 Å². The molecule has 0 aliphatic carbocycles. The highest BCUT2D eigenvalue weighted by Crippen LogP contribution is 2.31. The SMILES string of the molecule is CC(C)N(C(=O)c1cc(F)ccc1OC1=CN=CN=C(N2CC(C)(CN)C2)C1)C(C)C. The second kappa shape index (κ2) is 9.18. The number of aliphatic imine (C=N–C) groups is 2. The van der Waals surface area contributed by atoms with Crippen LogP contribution in [0.3, 0.4) is 0 Å². The van der Waals surface area contributed by atoms with Crippen LogP contribution in [0.25, 0.3) is 0 Å². The molecule has 168 valence electrons. The van der Waals surface area contributed by atoms with Crippen molar-refractivity contribution >= 4 is 18.1 Å². The molecule has 0 unspecified atom stereocenters. The first-order chi connectivity index (χ1) is 14.6. The van der Waals surface area contributed by atoms with E-state index in [4.69, 9.17) is 10.5 Å². The fourth-order valence-electron chi connectivity index (χ4n) is 4.01. The van der Waals surface area contributed by atoms with Crippen LogP contribution in [0.2, 0.25) is 0 Å². The molecule has 31 heavy (non-hydrogen) atoms. The van der Waals surface area contributed by atoms with Gasteiger partial charge in [0.25, 0.3) is 5.91 Å². The molecule has 7 nitrogen and oxygen atoms in total. The van der Waals surface area contributed by atoms with E-state index in [0.29, 0.717) is 24.5 Å². The molecule has 1 aromatic rings. The fourth-order valence-corrected chi connectivity index (χ4v) is 4.01. The van der Waals surface area contributed by atoms with Gasteiger partial charge < -0.3 is 20.3 Å². The Balaban J connectivity index is 1.81. The lowest BCUT2D eigenvalue weighted by Gasteiger charge is -2.49. The normalized spacial score (nSPS) is 17.8. The van der Waals surface area contributed by atoms with Crippen molar-refractivity contribution in [3.63, 3.8) is 0 Å². The average Bonchev–Trinajstić information content (AvgIpc) is 2.91. The maximum Gasteiger partial charge on any atom is 0.258 e. The van der Waals surface area contributed by atoms with Gasteiger partial charge in [0.15, 0.2) is 0 Å². The highest BCUT2D eigenvalue weighted by Gasteiger charge is 2.39. The molecule has 8 heteroatoms. The van der Waals surface area contributed by atoms with E-state index in [1.165, 1.54) is 24.5 Å². The van der Waals surface area contributed by atoms with Crippen LogP contribution in [0.15, 0.2) is 40.1 Å². The fraction of sp³-hybridized carbons (Fsp3) is 0.522. The molecule has 0 atom stereocenters. The molecule has 2 aliphatic heterocycles. The molecule has 2 heterocycles. The summed E-state index contributed by atoms with van der Waals surface area (Å²) in [6, 6.07) is 3.94. The second-order valence-electron chi connectivity index (χ2n) is 9.10. The number of carbonyl (C=O) groups is 1. The number of hydrogen-bond acceptors (Lipinski definition) is 6. The standard InChI is InChI=1S/C23H32FN5O2/c1-15(2)29(16(3)4)22(30)19-8-17(24)6-7-20(19)31-18-9-21(27-14-26-10-18)28-12-23(5,11-25)13-28/h6-8,10,14-16H,9,11-13,25H2,1-5H3. The number of rotatable bonds is 6. The van der Waals surface area contributed by atoms with E-state index in [1.807, 2.05) is 27.7 Å². The first kappa shape index (κ1) is 22.9. The molecule has 0 bridgehead atoms. The third-order valence-corrected chi connectivity index (χ3v) is 5.59. The van der Waals surface area contributed by atoms with Gasteiger partial charge >= 0.3 is 0 Å². The minimum atomic E-state index is -0.486. The highest BCUT2D eigenvalue weighted by molar-refractivity contribution is 5.97. The van der Waals surface area contributed by atoms with Gasteiger partial charge in [-0.25, -0.2) is 14.4 Å². The van der Waals surface area contributed by atoms with Gasteiger partial charge in [-0.15, -0.1) is 0 Å². The Morgan fingerprint density at radius 2 is 1.97 bits per heavy atom. The average molecular weight is 430 g/mol. The lowest BCUT2D eigenvalue weighted by Crippen LogP contribution is -2.60. The van der Waals surface area contributed by atoms with Crippen molar-refractivity contribution in [2.45, 2.75) is 53.1 Å². The van der Waals surface area contributed by atoms with E-state index in [0.717, 1.165) is 18.9 Å². The Hall–Kier alpha value is -2.74. The Morgan fingerprint density at radius 3 is 2.58 bits per heavy atom. The summed E-state index contributed by atoms with van der Waals surface area (Å²) in [5.41, 5.74) is 6.13. The number of nitrogens with zero attached hydrogens (tertiary/aromatic N) is 4. The number of benzene rings is 1. The summed E-state index contributed by atoms with van der Waals surface area (Å²) in [6.45, 7) is 12.1. The summed E-state index contributed by atoms with van der Waals surface area (Å²) in [5.74, 6) is 0.915. The minimum absolute atomic E-state index is 0.0349. The summed E-state index contributed by atoms with van der Waals surface area (Å²) in [4.78, 5) is 25.7. The van der Waals surface area contributed by atoms with Gasteiger partial charge in [-0.3, -0.25) is 4.79 Å². The van der Waals surface area contributed by atoms with Crippen molar-refractivity contribution in [2.24, 2.45) is 21.1 Å². The lowest BCUT2D eigenvalue weighted by molar-refractivity contribution is 0.0640. The monoisotopic (exact) mass is 429 g/mol. The van der Waals surface area contributed by atoms with Crippen LogP contribution in [-0.2, 0) is 0 Å². The van der Waals surface area contributed by atoms with E-state index in [9.17, 15) is 9.18 Å². The molecule has 3 rings (SSSR count).